The van der Waals surface area contributed by atoms with E-state index >= 15 is 0 Å². The van der Waals surface area contributed by atoms with E-state index in [1.807, 2.05) is 6.92 Å². The number of aromatic nitrogens is 3. The van der Waals surface area contributed by atoms with Crippen LogP contribution in [0.25, 0.3) is 0 Å². The highest BCUT2D eigenvalue weighted by Crippen LogP contribution is 2.19. The van der Waals surface area contributed by atoms with Gasteiger partial charge >= 0.3 is 5.97 Å². The van der Waals surface area contributed by atoms with Crippen LogP contribution < -0.4 is 5.56 Å². The van der Waals surface area contributed by atoms with Crippen molar-refractivity contribution in [3.63, 3.8) is 0 Å². The smallest absolute Gasteiger partial charge is 0.359 e. The topological polar surface area (TPSA) is 111 Å². The van der Waals surface area contributed by atoms with E-state index in [2.05, 4.69) is 10.1 Å². The average molecular weight is 359 g/mol. The van der Waals surface area contributed by atoms with E-state index in [0.29, 0.717) is 29.8 Å². The number of ether oxygens (including phenoxy) is 1. The average Bonchev–Trinajstić information content (AvgIpc) is 2.89. The molecule has 0 aliphatic rings. The normalized spacial score (nSPS) is 10.6. The number of aryl methyl sites for hydroxylation is 2. The van der Waals surface area contributed by atoms with Gasteiger partial charge in [0.1, 0.15) is 0 Å². The highest BCUT2D eigenvalue weighted by atomic mass is 16.5. The highest BCUT2D eigenvalue weighted by molar-refractivity contribution is 6.04. The van der Waals surface area contributed by atoms with E-state index in [-0.39, 0.29) is 22.7 Å². The summed E-state index contributed by atoms with van der Waals surface area (Å²) in [5.41, 5.74) is 1.48. The van der Waals surface area contributed by atoms with Crippen LogP contribution in [-0.4, -0.2) is 38.9 Å². The molecule has 8 heteroatoms. The summed E-state index contributed by atoms with van der Waals surface area (Å²) in [4.78, 5) is 50.5. The minimum Gasteiger partial charge on any atom is -0.452 e. The third-order valence-electron chi connectivity index (χ3n) is 3.91. The Morgan fingerprint density at radius 1 is 1.23 bits per heavy atom. The maximum absolute atomic E-state index is 12.3. The van der Waals surface area contributed by atoms with Crippen molar-refractivity contribution in [3.05, 3.63) is 50.7 Å². The number of carbonyl (C=O) groups is 3. The summed E-state index contributed by atoms with van der Waals surface area (Å²) < 4.78 is 6.19. The molecular weight excluding hydrogens is 338 g/mol. The largest absolute Gasteiger partial charge is 0.452 e. The number of carbonyl (C=O) groups excluding carboxylic acids is 3. The maximum Gasteiger partial charge on any atom is 0.359 e. The molecular formula is C18H21N3O5. The number of rotatable bonds is 7. The molecule has 1 N–H and O–H groups in total. The molecule has 0 saturated carbocycles. The minimum absolute atomic E-state index is 0.0466. The molecule has 8 nitrogen and oxygen atoms in total. The van der Waals surface area contributed by atoms with Crippen LogP contribution in [-0.2, 0) is 11.3 Å². The lowest BCUT2D eigenvalue weighted by molar-refractivity contribution is 0.0464. The third kappa shape index (κ3) is 3.96. The first-order valence-corrected chi connectivity index (χ1v) is 8.24. The van der Waals surface area contributed by atoms with Gasteiger partial charge in [-0.3, -0.25) is 14.4 Å². The zero-order valence-corrected chi connectivity index (χ0v) is 15.2. The number of nitrogens with one attached hydrogen (secondary N) is 1. The Balaban J connectivity index is 2.11. The Morgan fingerprint density at radius 3 is 2.50 bits per heavy atom. The molecule has 2 rings (SSSR count). The first-order chi connectivity index (χ1) is 12.3. The summed E-state index contributed by atoms with van der Waals surface area (Å²) in [6.45, 7) is 6.56. The summed E-state index contributed by atoms with van der Waals surface area (Å²) in [7, 11) is 0. The second-order valence-corrected chi connectivity index (χ2v) is 5.96. The predicted octanol–water partition coefficient (Wildman–Crippen LogP) is 1.84. The van der Waals surface area contributed by atoms with Crippen LogP contribution in [0, 0.1) is 13.8 Å². The maximum atomic E-state index is 12.3. The molecule has 0 aliphatic carbocycles. The molecule has 0 saturated heterocycles. The van der Waals surface area contributed by atoms with Crippen LogP contribution in [0.4, 0.5) is 0 Å². The van der Waals surface area contributed by atoms with Crippen molar-refractivity contribution >= 4 is 17.5 Å². The molecule has 0 unspecified atom stereocenters. The van der Waals surface area contributed by atoms with E-state index in [9.17, 15) is 19.2 Å². The van der Waals surface area contributed by atoms with Crippen molar-refractivity contribution in [2.24, 2.45) is 0 Å². The molecule has 0 radical (unpaired) electrons. The Morgan fingerprint density at radius 2 is 1.92 bits per heavy atom. The number of ketones is 2. The van der Waals surface area contributed by atoms with E-state index in [1.165, 1.54) is 23.7 Å². The number of esters is 1. The van der Waals surface area contributed by atoms with Gasteiger partial charge in [0, 0.05) is 23.9 Å². The van der Waals surface area contributed by atoms with Gasteiger partial charge in [0.2, 0.25) is 5.78 Å². The van der Waals surface area contributed by atoms with Crippen LogP contribution in [0.15, 0.2) is 16.9 Å². The van der Waals surface area contributed by atoms with E-state index in [0.717, 1.165) is 0 Å². The van der Waals surface area contributed by atoms with Crippen molar-refractivity contribution < 1.29 is 19.1 Å². The number of hydrogen-bond acceptors (Lipinski definition) is 6. The minimum atomic E-state index is -0.795. The number of aromatic amines is 1. The molecule has 2 aromatic rings. The molecule has 0 fully saturated rings. The quantitative estimate of drug-likeness (QED) is 0.596. The molecule has 0 atom stereocenters. The lowest BCUT2D eigenvalue weighted by Gasteiger charge is -2.06. The van der Waals surface area contributed by atoms with Gasteiger partial charge in [0.25, 0.3) is 5.56 Å². The molecule has 26 heavy (non-hydrogen) atoms. The Kier molecular flexibility index (Phi) is 5.86. The fraction of sp³-hybridized carbons (Fsp3) is 0.389. The number of Topliss-reactive ketones (excluding diaryl/α,β-unsaturated/α-hetero) is 2. The third-order valence-corrected chi connectivity index (χ3v) is 3.91. The molecule has 2 heterocycles. The number of H-pyrrole nitrogens is 1. The second kappa shape index (κ2) is 7.90. The Hall–Kier alpha value is -3.03. The zero-order valence-electron chi connectivity index (χ0n) is 15.2. The van der Waals surface area contributed by atoms with Crippen molar-refractivity contribution in [3.8, 4) is 0 Å². The van der Waals surface area contributed by atoms with Crippen LogP contribution in [0.1, 0.15) is 62.9 Å². The fourth-order valence-corrected chi connectivity index (χ4v) is 2.76. The van der Waals surface area contributed by atoms with Crippen LogP contribution in [0.3, 0.4) is 0 Å². The van der Waals surface area contributed by atoms with Gasteiger partial charge < -0.3 is 9.72 Å². The SMILES string of the molecule is CCCn1nc(C(=O)OCC(=O)c2[nH]c(C)c(C(C)=O)c2C)ccc1=O. The fourth-order valence-electron chi connectivity index (χ4n) is 2.76. The summed E-state index contributed by atoms with van der Waals surface area (Å²) in [5, 5.41) is 3.94. The number of nitrogens with zero attached hydrogens (tertiary/aromatic N) is 2. The van der Waals surface area contributed by atoms with Gasteiger partial charge in [0.15, 0.2) is 18.1 Å². The molecule has 0 aliphatic heterocycles. The van der Waals surface area contributed by atoms with Crippen molar-refractivity contribution in [1.29, 1.82) is 0 Å². The van der Waals surface area contributed by atoms with Gasteiger partial charge in [0.05, 0.1) is 5.69 Å². The van der Waals surface area contributed by atoms with Crippen LogP contribution in [0.5, 0.6) is 0 Å². The molecule has 2 aromatic heterocycles. The summed E-state index contributed by atoms with van der Waals surface area (Å²) in [5.74, 6) is -1.39. The van der Waals surface area contributed by atoms with Gasteiger partial charge in [-0.2, -0.15) is 5.10 Å². The van der Waals surface area contributed by atoms with E-state index in [4.69, 9.17) is 4.74 Å². The molecule has 0 spiro atoms. The molecule has 0 bridgehead atoms. The first-order valence-electron chi connectivity index (χ1n) is 8.24. The van der Waals surface area contributed by atoms with Crippen LogP contribution >= 0.6 is 0 Å². The van der Waals surface area contributed by atoms with E-state index < -0.39 is 18.4 Å². The van der Waals surface area contributed by atoms with Crippen molar-refractivity contribution in [2.75, 3.05) is 6.61 Å². The van der Waals surface area contributed by atoms with Crippen LogP contribution in [0.2, 0.25) is 0 Å². The van der Waals surface area contributed by atoms with Gasteiger partial charge in [-0.05, 0) is 38.8 Å². The van der Waals surface area contributed by atoms with Gasteiger partial charge in [-0.15, -0.1) is 0 Å². The summed E-state index contributed by atoms with van der Waals surface area (Å²) >= 11 is 0. The first kappa shape index (κ1) is 19.3. The highest BCUT2D eigenvalue weighted by Gasteiger charge is 2.21. The summed E-state index contributed by atoms with van der Waals surface area (Å²) in [6, 6.07) is 2.50. The lowest BCUT2D eigenvalue weighted by atomic mass is 10.1. The predicted molar refractivity (Wildman–Crippen MR) is 93.7 cm³/mol. The molecule has 0 aromatic carbocycles. The molecule has 0 amide bonds. The van der Waals surface area contributed by atoms with Crippen molar-refractivity contribution in [1.82, 2.24) is 14.8 Å². The Bertz CT molecular complexity index is 923. The standard InChI is InChI=1S/C18H21N3O5/c1-5-8-21-15(24)7-6-13(20-21)18(25)26-9-14(23)17-10(2)16(12(4)22)11(3)19-17/h6-7,19H,5,8-9H2,1-4H3. The van der Waals surface area contributed by atoms with Gasteiger partial charge in [-0.1, -0.05) is 6.92 Å². The lowest BCUT2D eigenvalue weighted by Crippen LogP contribution is -2.25. The number of hydrogen-bond donors (Lipinski definition) is 1. The zero-order chi connectivity index (χ0) is 19.4. The van der Waals surface area contributed by atoms with Gasteiger partial charge in [-0.25, -0.2) is 9.48 Å². The Labute approximate surface area is 150 Å². The summed E-state index contributed by atoms with van der Waals surface area (Å²) in [6.07, 6.45) is 0.688. The second-order valence-electron chi connectivity index (χ2n) is 5.96. The van der Waals surface area contributed by atoms with E-state index in [1.54, 1.807) is 13.8 Å². The monoisotopic (exact) mass is 359 g/mol. The van der Waals surface area contributed by atoms with Crippen molar-refractivity contribution in [2.45, 2.75) is 40.7 Å². The molecule has 138 valence electrons.